The summed E-state index contributed by atoms with van der Waals surface area (Å²) in [5.41, 5.74) is 0.755. The molecule has 1 saturated carbocycles. The quantitative estimate of drug-likeness (QED) is 0.859. The summed E-state index contributed by atoms with van der Waals surface area (Å²) in [5.74, 6) is -0.156. The molecule has 3 rings (SSSR count). The first kappa shape index (κ1) is 16.8. The van der Waals surface area contributed by atoms with E-state index in [-0.39, 0.29) is 18.4 Å². The molecular formula is C15H20N6O2S. The minimum absolute atomic E-state index is 0.0274. The monoisotopic (exact) mass is 348 g/mol. The Labute approximate surface area is 144 Å². The first-order chi connectivity index (χ1) is 11.6. The Morgan fingerprint density at radius 2 is 2.00 bits per heavy atom. The maximum atomic E-state index is 12.7. The molecule has 0 atom stereocenters. The zero-order valence-corrected chi connectivity index (χ0v) is 14.2. The first-order valence-electron chi connectivity index (χ1n) is 8.12. The molecule has 2 amide bonds. The lowest BCUT2D eigenvalue weighted by Gasteiger charge is -2.37. The third-order valence-electron chi connectivity index (χ3n) is 4.71. The summed E-state index contributed by atoms with van der Waals surface area (Å²) in [6.07, 6.45) is 3.25. The van der Waals surface area contributed by atoms with E-state index >= 15 is 0 Å². The molecule has 0 aromatic carbocycles. The van der Waals surface area contributed by atoms with E-state index in [1.54, 1.807) is 10.4 Å². The van der Waals surface area contributed by atoms with Gasteiger partial charge in [-0.3, -0.25) is 19.8 Å². The Hall–Kier alpha value is -2.05. The van der Waals surface area contributed by atoms with Gasteiger partial charge in [0.25, 0.3) is 0 Å². The predicted molar refractivity (Wildman–Crippen MR) is 88.1 cm³/mol. The number of carbonyl (C=O) groups excluding carboxylic acids is 2. The van der Waals surface area contributed by atoms with Gasteiger partial charge >= 0.3 is 0 Å². The number of anilines is 1. The molecule has 8 nitrogen and oxygen atoms in total. The van der Waals surface area contributed by atoms with E-state index in [1.807, 2.05) is 4.90 Å². The maximum Gasteiger partial charge on any atom is 0.243 e. The third-order valence-corrected chi connectivity index (χ3v) is 5.32. The van der Waals surface area contributed by atoms with Crippen LogP contribution in [-0.2, 0) is 9.59 Å². The lowest BCUT2D eigenvalue weighted by molar-refractivity contribution is -0.140. The highest BCUT2D eigenvalue weighted by atomic mass is 32.1. The van der Waals surface area contributed by atoms with Gasteiger partial charge in [-0.15, -0.1) is 10.2 Å². The van der Waals surface area contributed by atoms with Gasteiger partial charge in [0, 0.05) is 26.2 Å². The molecule has 1 aromatic rings. The summed E-state index contributed by atoms with van der Waals surface area (Å²) in [4.78, 5) is 28.4. The lowest BCUT2D eigenvalue weighted by atomic mass is 9.86. The number of hydrogen-bond acceptors (Lipinski definition) is 7. The minimum Gasteiger partial charge on any atom is -0.339 e. The third kappa shape index (κ3) is 3.55. The van der Waals surface area contributed by atoms with Gasteiger partial charge < -0.3 is 4.90 Å². The summed E-state index contributed by atoms with van der Waals surface area (Å²) in [6, 6.07) is 2.26. The molecule has 2 aliphatic rings. The molecule has 128 valence electrons. The minimum atomic E-state index is -0.808. The van der Waals surface area contributed by atoms with Crippen molar-refractivity contribution in [1.29, 1.82) is 5.26 Å². The zero-order valence-electron chi connectivity index (χ0n) is 13.4. The van der Waals surface area contributed by atoms with Crippen LogP contribution >= 0.6 is 11.3 Å². The number of hydrogen-bond donors (Lipinski definition) is 1. The fraction of sp³-hybridized carbons (Fsp3) is 0.667. The van der Waals surface area contributed by atoms with E-state index in [0.29, 0.717) is 44.2 Å². The summed E-state index contributed by atoms with van der Waals surface area (Å²) in [6.45, 7) is 2.67. The summed E-state index contributed by atoms with van der Waals surface area (Å²) < 4.78 is 0. The molecule has 1 N–H and O–H groups in total. The molecule has 0 bridgehead atoms. The van der Waals surface area contributed by atoms with Crippen LogP contribution in [0.25, 0.3) is 0 Å². The summed E-state index contributed by atoms with van der Waals surface area (Å²) in [7, 11) is 0. The van der Waals surface area contributed by atoms with Crippen LogP contribution in [0.5, 0.6) is 0 Å². The fourth-order valence-electron chi connectivity index (χ4n) is 3.35. The van der Waals surface area contributed by atoms with Crippen molar-refractivity contribution in [2.24, 2.45) is 5.41 Å². The molecule has 0 radical (unpaired) electrons. The smallest absolute Gasteiger partial charge is 0.243 e. The Morgan fingerprint density at radius 3 is 2.58 bits per heavy atom. The first-order valence-corrected chi connectivity index (χ1v) is 9.00. The van der Waals surface area contributed by atoms with E-state index in [2.05, 4.69) is 21.6 Å². The Morgan fingerprint density at radius 1 is 1.29 bits per heavy atom. The Bertz CT molecular complexity index is 627. The van der Waals surface area contributed by atoms with Gasteiger partial charge in [0.2, 0.25) is 16.9 Å². The molecule has 24 heavy (non-hydrogen) atoms. The number of nitrogens with one attached hydrogen (secondary N) is 1. The number of nitrogens with zero attached hydrogens (tertiary/aromatic N) is 5. The SMILES string of the molecule is N#CC1(C(=O)N2CCN(CC(=O)Nc3nncs3)CC2)CCCC1. The van der Waals surface area contributed by atoms with Gasteiger partial charge in [-0.2, -0.15) is 5.26 Å². The van der Waals surface area contributed by atoms with Gasteiger partial charge in [0.1, 0.15) is 10.9 Å². The largest absolute Gasteiger partial charge is 0.339 e. The molecule has 1 aromatic heterocycles. The van der Waals surface area contributed by atoms with E-state index < -0.39 is 5.41 Å². The number of aromatic nitrogens is 2. The lowest BCUT2D eigenvalue weighted by Crippen LogP contribution is -2.53. The van der Waals surface area contributed by atoms with Gasteiger partial charge in [-0.1, -0.05) is 24.2 Å². The van der Waals surface area contributed by atoms with Crippen molar-refractivity contribution in [2.45, 2.75) is 25.7 Å². The molecule has 1 saturated heterocycles. The van der Waals surface area contributed by atoms with E-state index in [4.69, 9.17) is 0 Å². The van der Waals surface area contributed by atoms with Gasteiger partial charge in [0.15, 0.2) is 0 Å². The number of piperazine rings is 1. The molecule has 1 aliphatic carbocycles. The molecular weight excluding hydrogens is 328 g/mol. The molecule has 2 heterocycles. The predicted octanol–water partition coefficient (Wildman–Crippen LogP) is 0.705. The highest BCUT2D eigenvalue weighted by Crippen LogP contribution is 2.39. The van der Waals surface area contributed by atoms with E-state index in [9.17, 15) is 14.9 Å². The average Bonchev–Trinajstić information content (AvgIpc) is 3.27. The van der Waals surface area contributed by atoms with Crippen molar-refractivity contribution in [3.8, 4) is 6.07 Å². The molecule has 0 spiro atoms. The van der Waals surface area contributed by atoms with Crippen LogP contribution in [0.1, 0.15) is 25.7 Å². The van der Waals surface area contributed by atoms with Crippen LogP contribution in [0.15, 0.2) is 5.51 Å². The highest BCUT2D eigenvalue weighted by molar-refractivity contribution is 7.13. The second-order valence-electron chi connectivity index (χ2n) is 6.26. The van der Waals surface area contributed by atoms with Crippen molar-refractivity contribution < 1.29 is 9.59 Å². The van der Waals surface area contributed by atoms with Gasteiger partial charge in [-0.05, 0) is 12.8 Å². The van der Waals surface area contributed by atoms with Gasteiger partial charge in [0.05, 0.1) is 12.6 Å². The van der Waals surface area contributed by atoms with Crippen molar-refractivity contribution in [3.05, 3.63) is 5.51 Å². The van der Waals surface area contributed by atoms with Crippen LogP contribution in [0.4, 0.5) is 5.13 Å². The second kappa shape index (κ2) is 7.23. The van der Waals surface area contributed by atoms with E-state index in [0.717, 1.165) is 12.8 Å². The normalized spacial score (nSPS) is 20.5. The van der Waals surface area contributed by atoms with E-state index in [1.165, 1.54) is 11.3 Å². The van der Waals surface area contributed by atoms with Crippen LogP contribution in [-0.4, -0.2) is 64.5 Å². The number of amides is 2. The maximum absolute atomic E-state index is 12.7. The number of nitriles is 1. The number of rotatable bonds is 4. The van der Waals surface area contributed by atoms with Crippen LogP contribution < -0.4 is 5.32 Å². The Kier molecular flexibility index (Phi) is 5.06. The van der Waals surface area contributed by atoms with Gasteiger partial charge in [-0.25, -0.2) is 0 Å². The van der Waals surface area contributed by atoms with Crippen LogP contribution in [0.3, 0.4) is 0 Å². The second-order valence-corrected chi connectivity index (χ2v) is 7.09. The topological polar surface area (TPSA) is 102 Å². The Balaban J connectivity index is 1.48. The van der Waals surface area contributed by atoms with Crippen molar-refractivity contribution in [3.63, 3.8) is 0 Å². The van der Waals surface area contributed by atoms with Crippen molar-refractivity contribution in [2.75, 3.05) is 38.0 Å². The molecule has 0 unspecified atom stereocenters. The zero-order chi connectivity index (χ0) is 17.0. The molecule has 2 fully saturated rings. The number of carbonyl (C=O) groups is 2. The standard InChI is InChI=1S/C15H20N6O2S/c16-10-15(3-1-2-4-15)13(23)21-7-5-20(6-8-21)9-12(22)18-14-19-17-11-24-14/h11H,1-9H2,(H,18,19,22). The van der Waals surface area contributed by atoms with Crippen molar-refractivity contribution in [1.82, 2.24) is 20.0 Å². The summed E-state index contributed by atoms with van der Waals surface area (Å²) >= 11 is 1.28. The fourth-order valence-corrected chi connectivity index (χ4v) is 3.81. The molecule has 9 heteroatoms. The van der Waals surface area contributed by atoms with Crippen LogP contribution in [0, 0.1) is 16.7 Å². The average molecular weight is 348 g/mol. The molecule has 1 aliphatic heterocycles. The van der Waals surface area contributed by atoms with Crippen molar-refractivity contribution >= 4 is 28.3 Å². The highest BCUT2D eigenvalue weighted by Gasteiger charge is 2.44. The summed E-state index contributed by atoms with van der Waals surface area (Å²) in [5, 5.41) is 20.1. The van der Waals surface area contributed by atoms with Crippen LogP contribution in [0.2, 0.25) is 0 Å².